The van der Waals surface area contributed by atoms with Gasteiger partial charge in [0.1, 0.15) is 11.9 Å². The van der Waals surface area contributed by atoms with Gasteiger partial charge in [-0.3, -0.25) is 0 Å². The van der Waals surface area contributed by atoms with E-state index in [0.717, 1.165) is 13.1 Å². The highest BCUT2D eigenvalue weighted by atomic mass is 19.1. The Balaban J connectivity index is 1.75. The van der Waals surface area contributed by atoms with Crippen molar-refractivity contribution in [1.82, 2.24) is 10.2 Å². The summed E-state index contributed by atoms with van der Waals surface area (Å²) in [5.74, 6) is -0.393. The summed E-state index contributed by atoms with van der Waals surface area (Å²) < 4.78 is 13.8. The number of nitrogens with one attached hydrogen (secondary N) is 1. The molecule has 1 aromatic carbocycles. The standard InChI is InChI=1S/C15H20FN3/c16-15-13(11-17)5-4-6-14(15)12-18-7-10-19-8-2-1-3-9-19/h4-6,18H,1-3,7-10,12H2. The first kappa shape index (κ1) is 14.0. The lowest BCUT2D eigenvalue weighted by Crippen LogP contribution is -2.35. The topological polar surface area (TPSA) is 39.1 Å². The molecule has 0 bridgehead atoms. The summed E-state index contributed by atoms with van der Waals surface area (Å²) in [6, 6.07) is 6.82. The zero-order valence-electron chi connectivity index (χ0n) is 11.2. The van der Waals surface area contributed by atoms with Crippen LogP contribution in [-0.4, -0.2) is 31.1 Å². The largest absolute Gasteiger partial charge is 0.311 e. The summed E-state index contributed by atoms with van der Waals surface area (Å²) in [5, 5.41) is 12.0. The highest BCUT2D eigenvalue weighted by Gasteiger charge is 2.10. The lowest BCUT2D eigenvalue weighted by molar-refractivity contribution is 0.229. The highest BCUT2D eigenvalue weighted by Crippen LogP contribution is 2.12. The molecule has 0 aromatic heterocycles. The fraction of sp³-hybridized carbons (Fsp3) is 0.533. The Kier molecular flexibility index (Phi) is 5.31. The smallest absolute Gasteiger partial charge is 0.145 e. The summed E-state index contributed by atoms with van der Waals surface area (Å²) in [4.78, 5) is 2.44. The van der Waals surface area contributed by atoms with Gasteiger partial charge in [-0.15, -0.1) is 0 Å². The highest BCUT2D eigenvalue weighted by molar-refractivity contribution is 5.34. The average molecular weight is 261 g/mol. The molecule has 0 radical (unpaired) electrons. The number of hydrogen-bond donors (Lipinski definition) is 1. The molecule has 0 spiro atoms. The van der Waals surface area contributed by atoms with E-state index < -0.39 is 5.82 Å². The minimum absolute atomic E-state index is 0.121. The van der Waals surface area contributed by atoms with Crippen LogP contribution in [0.1, 0.15) is 30.4 Å². The molecule has 1 N–H and O–H groups in total. The van der Waals surface area contributed by atoms with Gasteiger partial charge in [0, 0.05) is 25.2 Å². The first-order chi connectivity index (χ1) is 9.31. The molecule has 0 saturated carbocycles. The van der Waals surface area contributed by atoms with Crippen LogP contribution in [0.4, 0.5) is 4.39 Å². The molecule has 1 fully saturated rings. The van der Waals surface area contributed by atoms with Crippen LogP contribution in [0.15, 0.2) is 18.2 Å². The number of piperidine rings is 1. The molecule has 1 aliphatic rings. The summed E-state index contributed by atoms with van der Waals surface area (Å²) in [6.45, 7) is 4.71. The molecule has 1 heterocycles. The normalized spacial score (nSPS) is 16.2. The molecule has 2 rings (SSSR count). The van der Waals surface area contributed by atoms with E-state index in [1.165, 1.54) is 38.4 Å². The molecule has 0 aliphatic carbocycles. The predicted molar refractivity (Wildman–Crippen MR) is 73.1 cm³/mol. The van der Waals surface area contributed by atoms with E-state index in [2.05, 4.69) is 10.2 Å². The van der Waals surface area contributed by atoms with Crippen LogP contribution in [0.25, 0.3) is 0 Å². The lowest BCUT2D eigenvalue weighted by Gasteiger charge is -2.26. The van der Waals surface area contributed by atoms with Gasteiger partial charge in [-0.25, -0.2) is 4.39 Å². The van der Waals surface area contributed by atoms with Crippen LogP contribution in [0.3, 0.4) is 0 Å². The average Bonchev–Trinajstić information content (AvgIpc) is 2.46. The van der Waals surface area contributed by atoms with E-state index in [1.54, 1.807) is 12.1 Å². The fourth-order valence-corrected chi connectivity index (χ4v) is 2.45. The predicted octanol–water partition coefficient (Wildman–Crippen LogP) is 2.27. The maximum atomic E-state index is 13.8. The molecule has 1 aromatic rings. The van der Waals surface area contributed by atoms with Crippen LogP contribution < -0.4 is 5.32 Å². The maximum absolute atomic E-state index is 13.8. The van der Waals surface area contributed by atoms with Crippen molar-refractivity contribution in [1.29, 1.82) is 5.26 Å². The van der Waals surface area contributed by atoms with Crippen molar-refractivity contribution < 1.29 is 4.39 Å². The third kappa shape index (κ3) is 4.02. The third-order valence-electron chi connectivity index (χ3n) is 3.57. The molecule has 19 heavy (non-hydrogen) atoms. The molecular weight excluding hydrogens is 241 g/mol. The van der Waals surface area contributed by atoms with Gasteiger partial charge in [-0.05, 0) is 32.0 Å². The second-order valence-electron chi connectivity index (χ2n) is 4.97. The van der Waals surface area contributed by atoms with E-state index in [1.807, 2.05) is 6.07 Å². The fourth-order valence-electron chi connectivity index (χ4n) is 2.45. The van der Waals surface area contributed by atoms with Crippen molar-refractivity contribution in [3.05, 3.63) is 35.1 Å². The Labute approximate surface area is 114 Å². The SMILES string of the molecule is N#Cc1cccc(CNCCN2CCCCC2)c1F. The van der Waals surface area contributed by atoms with Crippen LogP contribution >= 0.6 is 0 Å². The minimum Gasteiger partial charge on any atom is -0.311 e. The van der Waals surface area contributed by atoms with Crippen LogP contribution in [0, 0.1) is 17.1 Å². The zero-order valence-corrected chi connectivity index (χ0v) is 11.2. The van der Waals surface area contributed by atoms with Crippen molar-refractivity contribution in [2.24, 2.45) is 0 Å². The summed E-state index contributed by atoms with van der Waals surface area (Å²) in [7, 11) is 0. The van der Waals surface area contributed by atoms with Crippen LogP contribution in [0.5, 0.6) is 0 Å². The van der Waals surface area contributed by atoms with E-state index in [9.17, 15) is 4.39 Å². The van der Waals surface area contributed by atoms with Gasteiger partial charge in [0.05, 0.1) is 5.56 Å². The van der Waals surface area contributed by atoms with Gasteiger partial charge in [0.15, 0.2) is 0 Å². The van der Waals surface area contributed by atoms with Gasteiger partial charge < -0.3 is 10.2 Å². The van der Waals surface area contributed by atoms with E-state index in [-0.39, 0.29) is 5.56 Å². The van der Waals surface area contributed by atoms with Crippen LogP contribution in [0.2, 0.25) is 0 Å². The zero-order chi connectivity index (χ0) is 13.5. The Bertz CT molecular complexity index is 447. The van der Waals surface area contributed by atoms with Gasteiger partial charge in [0.2, 0.25) is 0 Å². The van der Waals surface area contributed by atoms with Gasteiger partial charge in [0.25, 0.3) is 0 Å². The number of nitrogens with zero attached hydrogens (tertiary/aromatic N) is 2. The Morgan fingerprint density at radius 3 is 2.79 bits per heavy atom. The Hall–Kier alpha value is -1.44. The molecule has 0 unspecified atom stereocenters. The summed E-state index contributed by atoms with van der Waals surface area (Å²) >= 11 is 0. The van der Waals surface area contributed by atoms with E-state index in [0.29, 0.717) is 12.1 Å². The molecule has 4 heteroatoms. The first-order valence-corrected chi connectivity index (χ1v) is 6.92. The number of likely N-dealkylation sites (tertiary alicyclic amines) is 1. The molecule has 3 nitrogen and oxygen atoms in total. The van der Waals surface area contributed by atoms with E-state index in [4.69, 9.17) is 5.26 Å². The number of benzene rings is 1. The van der Waals surface area contributed by atoms with Crippen molar-refractivity contribution in [2.45, 2.75) is 25.8 Å². The molecular formula is C15H20FN3. The second kappa shape index (κ2) is 7.22. The van der Waals surface area contributed by atoms with E-state index >= 15 is 0 Å². The third-order valence-corrected chi connectivity index (χ3v) is 3.57. The first-order valence-electron chi connectivity index (χ1n) is 6.92. The Morgan fingerprint density at radius 1 is 1.26 bits per heavy atom. The minimum atomic E-state index is -0.393. The summed E-state index contributed by atoms with van der Waals surface area (Å²) in [5.41, 5.74) is 0.688. The van der Waals surface area contributed by atoms with Crippen molar-refractivity contribution in [3.63, 3.8) is 0 Å². The number of rotatable bonds is 5. The van der Waals surface area contributed by atoms with Gasteiger partial charge in [-0.2, -0.15) is 5.26 Å². The summed E-state index contributed by atoms with van der Waals surface area (Å²) in [6.07, 6.45) is 3.92. The lowest BCUT2D eigenvalue weighted by atomic mass is 10.1. The van der Waals surface area contributed by atoms with Gasteiger partial charge >= 0.3 is 0 Å². The Morgan fingerprint density at radius 2 is 2.05 bits per heavy atom. The van der Waals surface area contributed by atoms with Crippen molar-refractivity contribution in [2.75, 3.05) is 26.2 Å². The number of nitriles is 1. The van der Waals surface area contributed by atoms with Crippen molar-refractivity contribution in [3.8, 4) is 6.07 Å². The van der Waals surface area contributed by atoms with Crippen molar-refractivity contribution >= 4 is 0 Å². The quantitative estimate of drug-likeness (QED) is 0.826. The molecule has 0 atom stereocenters. The second-order valence-corrected chi connectivity index (χ2v) is 4.97. The maximum Gasteiger partial charge on any atom is 0.145 e. The molecule has 1 saturated heterocycles. The molecule has 1 aliphatic heterocycles. The monoisotopic (exact) mass is 261 g/mol. The number of halogens is 1. The van der Waals surface area contributed by atoms with Crippen LogP contribution in [-0.2, 0) is 6.54 Å². The van der Waals surface area contributed by atoms with Gasteiger partial charge in [-0.1, -0.05) is 18.6 Å². The molecule has 102 valence electrons. The number of hydrogen-bond acceptors (Lipinski definition) is 3. The molecule has 0 amide bonds.